The second-order valence-electron chi connectivity index (χ2n) is 7.67. The van der Waals surface area contributed by atoms with E-state index in [0.717, 1.165) is 28.7 Å². The fraction of sp³-hybridized carbons (Fsp3) is 0.375. The Kier molecular flexibility index (Phi) is 9.61. The second-order valence-corrected chi connectivity index (χ2v) is 7.67. The van der Waals surface area contributed by atoms with Gasteiger partial charge in [0.1, 0.15) is 0 Å². The number of hydrogen-bond acceptors (Lipinski definition) is 10. The van der Waals surface area contributed by atoms with Gasteiger partial charge in [-0.25, -0.2) is 9.59 Å². The summed E-state index contributed by atoms with van der Waals surface area (Å²) in [4.78, 5) is 32.0. The largest absolute Gasteiger partial charge is 0.493 e. The van der Waals surface area contributed by atoms with Gasteiger partial charge >= 0.3 is 11.9 Å². The first-order valence-corrected chi connectivity index (χ1v) is 10.6. The van der Waals surface area contributed by atoms with E-state index >= 15 is 0 Å². The minimum absolute atomic E-state index is 0.202. The number of fused-ring (bicyclic) bond motifs is 3. The van der Waals surface area contributed by atoms with Gasteiger partial charge in [-0.05, 0) is 47.7 Å². The van der Waals surface area contributed by atoms with Crippen LogP contribution in [0.25, 0.3) is 11.1 Å². The molecule has 36 heavy (non-hydrogen) atoms. The third kappa shape index (κ3) is 5.85. The molecule has 0 fully saturated rings. The number of methoxy groups -OCH3 is 4. The van der Waals surface area contributed by atoms with Gasteiger partial charge in [-0.15, -0.1) is 0 Å². The number of rotatable bonds is 7. The molecule has 0 amide bonds. The van der Waals surface area contributed by atoms with Crippen LogP contribution in [0.1, 0.15) is 23.6 Å². The number of nitrogens with two attached hydrogens (primary N) is 1. The van der Waals surface area contributed by atoms with Gasteiger partial charge in [0.2, 0.25) is 11.2 Å². The summed E-state index contributed by atoms with van der Waals surface area (Å²) in [7, 11) is 6.23. The molecule has 12 heteroatoms. The predicted molar refractivity (Wildman–Crippen MR) is 127 cm³/mol. The highest BCUT2D eigenvalue weighted by atomic mass is 16.5. The minimum atomic E-state index is -2.27. The van der Waals surface area contributed by atoms with Crippen LogP contribution in [0, 0.1) is 0 Å². The molecule has 0 saturated carbocycles. The molecule has 2 aromatic rings. The Hall–Kier alpha value is -3.87. The van der Waals surface area contributed by atoms with Crippen molar-refractivity contribution in [1.29, 1.82) is 0 Å². The van der Waals surface area contributed by atoms with Crippen molar-refractivity contribution in [2.75, 3.05) is 28.4 Å². The van der Waals surface area contributed by atoms with Crippen molar-refractivity contribution in [3.05, 3.63) is 45.6 Å². The van der Waals surface area contributed by atoms with E-state index in [1.165, 1.54) is 7.11 Å². The highest BCUT2D eigenvalue weighted by Crippen LogP contribution is 2.49. The standard InChI is InChI=1S/C20H23NO5.C4H6O6/c1-23-16-8-6-12-13(10-15(16)22)14(21)7-5-11-9-17(24-2)19(25-3)20(26-4)18(11)12;5-1(3(7)8)2(6)4(9)10/h6,8-10,14H,5,7,21H2,1-4H3;1-2,5-6H,(H,7,8)(H,9,10)/t14-;1-,2-/m10/s1. The van der Waals surface area contributed by atoms with Crippen molar-refractivity contribution in [3.63, 3.8) is 0 Å². The second kappa shape index (κ2) is 12.2. The van der Waals surface area contributed by atoms with Gasteiger partial charge in [0.15, 0.2) is 29.5 Å². The lowest BCUT2D eigenvalue weighted by Gasteiger charge is -2.19. The summed E-state index contributed by atoms with van der Waals surface area (Å²) in [6.45, 7) is 0. The first-order valence-electron chi connectivity index (χ1n) is 10.6. The lowest BCUT2D eigenvalue weighted by molar-refractivity contribution is -0.165. The summed E-state index contributed by atoms with van der Waals surface area (Å²) in [6, 6.07) is 6.75. The van der Waals surface area contributed by atoms with E-state index in [4.69, 9.17) is 45.1 Å². The van der Waals surface area contributed by atoms with Crippen LogP contribution >= 0.6 is 0 Å². The van der Waals surface area contributed by atoms with Crippen LogP contribution in [0.15, 0.2) is 29.1 Å². The molecule has 0 unspecified atom stereocenters. The van der Waals surface area contributed by atoms with Crippen LogP contribution in [-0.2, 0) is 16.0 Å². The van der Waals surface area contributed by atoms with Crippen molar-refractivity contribution in [2.45, 2.75) is 31.1 Å². The van der Waals surface area contributed by atoms with Crippen LogP contribution in [0.5, 0.6) is 23.0 Å². The molecule has 1 aliphatic rings. The predicted octanol–water partition coefficient (Wildman–Crippen LogP) is 0.572. The average molecular weight is 507 g/mol. The van der Waals surface area contributed by atoms with Crippen molar-refractivity contribution in [3.8, 4) is 34.1 Å². The van der Waals surface area contributed by atoms with E-state index in [-0.39, 0.29) is 17.2 Å². The third-order valence-corrected chi connectivity index (χ3v) is 5.57. The first kappa shape index (κ1) is 28.4. The molecule has 0 spiro atoms. The monoisotopic (exact) mass is 507 g/mol. The fourth-order valence-corrected chi connectivity index (χ4v) is 3.77. The maximum Gasteiger partial charge on any atom is 0.335 e. The zero-order valence-corrected chi connectivity index (χ0v) is 20.2. The van der Waals surface area contributed by atoms with E-state index in [1.807, 2.05) is 12.1 Å². The van der Waals surface area contributed by atoms with Crippen LogP contribution in [0.2, 0.25) is 0 Å². The van der Waals surface area contributed by atoms with Crippen molar-refractivity contribution in [1.82, 2.24) is 0 Å². The van der Waals surface area contributed by atoms with Gasteiger partial charge in [0, 0.05) is 11.6 Å². The van der Waals surface area contributed by atoms with Crippen LogP contribution in [0.3, 0.4) is 0 Å². The minimum Gasteiger partial charge on any atom is -0.493 e. The van der Waals surface area contributed by atoms with Gasteiger partial charge in [-0.3, -0.25) is 4.79 Å². The molecule has 0 heterocycles. The molecule has 0 aliphatic heterocycles. The maximum atomic E-state index is 12.4. The number of ether oxygens (including phenoxy) is 4. The SMILES string of the molecule is COc1cc2c(c(OC)c1OC)-c1ccc(OC)c(=O)cc1[C@H](N)CC2.O=C(O)[C@@H](O)[C@H](O)C(=O)O. The Balaban J connectivity index is 0.000000388. The van der Waals surface area contributed by atoms with Gasteiger partial charge in [-0.1, -0.05) is 6.07 Å². The normalized spacial score (nSPS) is 15.5. The lowest BCUT2D eigenvalue weighted by atomic mass is 9.95. The highest BCUT2D eigenvalue weighted by molar-refractivity contribution is 5.83. The molecule has 196 valence electrons. The number of aliphatic carboxylic acids is 2. The number of benzene rings is 1. The third-order valence-electron chi connectivity index (χ3n) is 5.57. The lowest BCUT2D eigenvalue weighted by Crippen LogP contribution is -2.39. The Morgan fingerprint density at radius 1 is 0.889 bits per heavy atom. The van der Waals surface area contributed by atoms with E-state index in [2.05, 4.69) is 0 Å². The van der Waals surface area contributed by atoms with Crippen molar-refractivity contribution in [2.24, 2.45) is 5.73 Å². The number of carbonyl (C=O) groups is 2. The zero-order valence-electron chi connectivity index (χ0n) is 20.2. The van der Waals surface area contributed by atoms with E-state index < -0.39 is 24.1 Å². The molecular formula is C24H29NO11. The van der Waals surface area contributed by atoms with Gasteiger partial charge in [0.25, 0.3) is 0 Å². The number of hydrogen-bond donors (Lipinski definition) is 5. The molecule has 0 bridgehead atoms. The Morgan fingerprint density at radius 3 is 1.92 bits per heavy atom. The summed E-state index contributed by atoms with van der Waals surface area (Å²) < 4.78 is 21.9. The number of aliphatic hydroxyl groups is 2. The molecular weight excluding hydrogens is 478 g/mol. The molecule has 0 radical (unpaired) electrons. The summed E-state index contributed by atoms with van der Waals surface area (Å²) in [5.74, 6) is -1.59. The smallest absolute Gasteiger partial charge is 0.335 e. The summed E-state index contributed by atoms with van der Waals surface area (Å²) in [6.07, 6.45) is -3.10. The van der Waals surface area contributed by atoms with Gasteiger partial charge < -0.3 is 45.1 Å². The van der Waals surface area contributed by atoms with Gasteiger partial charge in [-0.2, -0.15) is 0 Å². The van der Waals surface area contributed by atoms with Crippen LogP contribution < -0.4 is 30.1 Å². The topological polar surface area (TPSA) is 195 Å². The molecule has 1 aliphatic carbocycles. The molecule has 3 rings (SSSR count). The quantitative estimate of drug-likeness (QED) is 0.350. The Labute approximate surface area is 206 Å². The summed E-state index contributed by atoms with van der Waals surface area (Å²) >= 11 is 0. The fourth-order valence-electron chi connectivity index (χ4n) is 3.77. The molecule has 0 aromatic heterocycles. The van der Waals surface area contributed by atoms with Crippen molar-refractivity contribution >= 4 is 11.9 Å². The van der Waals surface area contributed by atoms with Gasteiger partial charge in [0.05, 0.1) is 28.4 Å². The van der Waals surface area contributed by atoms with E-state index in [0.29, 0.717) is 23.7 Å². The number of carboxylic acid groups (broad SMARTS) is 2. The van der Waals surface area contributed by atoms with Crippen LogP contribution in [-0.4, -0.2) is 73.0 Å². The summed E-state index contributed by atoms with van der Waals surface area (Å²) in [5.41, 5.74) is 9.69. The Morgan fingerprint density at radius 2 is 1.44 bits per heavy atom. The molecule has 0 saturated heterocycles. The first-order chi connectivity index (χ1) is 17.0. The zero-order chi connectivity index (χ0) is 27.2. The Bertz CT molecular complexity index is 1160. The molecule has 6 N–H and O–H groups in total. The van der Waals surface area contributed by atoms with Crippen LogP contribution in [0.4, 0.5) is 0 Å². The summed E-state index contributed by atoms with van der Waals surface area (Å²) in [5, 5.41) is 32.5. The maximum absolute atomic E-state index is 12.4. The number of aryl methyl sites for hydroxylation is 1. The van der Waals surface area contributed by atoms with E-state index in [1.54, 1.807) is 33.5 Å². The molecule has 2 aromatic carbocycles. The highest BCUT2D eigenvalue weighted by Gasteiger charge is 2.29. The molecule has 12 nitrogen and oxygen atoms in total. The average Bonchev–Trinajstić information content (AvgIpc) is 3.10. The number of carboxylic acids is 2. The van der Waals surface area contributed by atoms with Crippen molar-refractivity contribution < 1.29 is 49.0 Å². The van der Waals surface area contributed by atoms with E-state index in [9.17, 15) is 14.4 Å². The number of aliphatic hydroxyl groups excluding tert-OH is 2. The molecule has 3 atom stereocenters.